The predicted molar refractivity (Wildman–Crippen MR) is 98.2 cm³/mol. The van der Waals surface area contributed by atoms with Gasteiger partial charge in [0.05, 0.1) is 24.4 Å². The van der Waals surface area contributed by atoms with Gasteiger partial charge < -0.3 is 10.1 Å². The molecule has 128 valence electrons. The quantitative estimate of drug-likeness (QED) is 0.554. The SMILES string of the molecule is COC(=O)c1ccc([C@@H]2Nc3c(F)cc(Br)cc3[C@@H]3C=CC[C@@H]32)cc1. The molecule has 1 N–H and O–H groups in total. The van der Waals surface area contributed by atoms with Crippen LogP contribution >= 0.6 is 15.9 Å². The summed E-state index contributed by atoms with van der Waals surface area (Å²) in [7, 11) is 1.37. The number of carbonyl (C=O) groups excluding carboxylic acids is 1. The van der Waals surface area contributed by atoms with Crippen molar-refractivity contribution in [1.29, 1.82) is 0 Å². The molecule has 2 aromatic rings. The molecule has 0 spiro atoms. The third-order valence-corrected chi connectivity index (χ3v) is 5.53. The molecule has 0 aromatic heterocycles. The number of rotatable bonds is 2. The van der Waals surface area contributed by atoms with E-state index in [1.807, 2.05) is 18.2 Å². The van der Waals surface area contributed by atoms with Crippen molar-refractivity contribution < 1.29 is 13.9 Å². The van der Waals surface area contributed by atoms with E-state index in [0.717, 1.165) is 22.0 Å². The van der Waals surface area contributed by atoms with Crippen molar-refractivity contribution in [3.8, 4) is 0 Å². The molecular weight excluding hydrogens is 385 g/mol. The highest BCUT2D eigenvalue weighted by atomic mass is 79.9. The fraction of sp³-hybridized carbons (Fsp3) is 0.250. The maximum Gasteiger partial charge on any atom is 0.337 e. The normalized spacial score (nSPS) is 23.6. The molecule has 0 unspecified atom stereocenters. The highest BCUT2D eigenvalue weighted by Crippen LogP contribution is 2.51. The molecule has 1 aliphatic heterocycles. The Bertz CT molecular complexity index is 863. The molecule has 5 heteroatoms. The third kappa shape index (κ3) is 2.76. The summed E-state index contributed by atoms with van der Waals surface area (Å²) in [5, 5.41) is 3.39. The van der Waals surface area contributed by atoms with Crippen LogP contribution in [0.1, 0.15) is 39.9 Å². The Balaban J connectivity index is 1.73. The van der Waals surface area contributed by atoms with Gasteiger partial charge in [-0.05, 0) is 47.7 Å². The summed E-state index contributed by atoms with van der Waals surface area (Å²) in [6.07, 6.45) is 5.28. The fourth-order valence-corrected chi connectivity index (χ4v) is 4.34. The van der Waals surface area contributed by atoms with Gasteiger partial charge in [0.25, 0.3) is 0 Å². The Hall–Kier alpha value is -2.14. The third-order valence-electron chi connectivity index (χ3n) is 5.08. The molecule has 25 heavy (non-hydrogen) atoms. The van der Waals surface area contributed by atoms with Crippen LogP contribution in [0.25, 0.3) is 0 Å². The first kappa shape index (κ1) is 16.3. The minimum Gasteiger partial charge on any atom is -0.465 e. The number of hydrogen-bond donors (Lipinski definition) is 1. The molecule has 0 bridgehead atoms. The van der Waals surface area contributed by atoms with Crippen LogP contribution in [-0.2, 0) is 4.74 Å². The molecule has 0 amide bonds. The number of carbonyl (C=O) groups is 1. The zero-order chi connectivity index (χ0) is 17.6. The number of anilines is 1. The second kappa shape index (κ2) is 6.30. The van der Waals surface area contributed by atoms with Gasteiger partial charge in [-0.3, -0.25) is 0 Å². The molecule has 0 saturated heterocycles. The van der Waals surface area contributed by atoms with Crippen molar-refractivity contribution in [2.24, 2.45) is 5.92 Å². The Labute approximate surface area is 154 Å². The van der Waals surface area contributed by atoms with Gasteiger partial charge in [-0.15, -0.1) is 0 Å². The maximum absolute atomic E-state index is 14.5. The van der Waals surface area contributed by atoms with Crippen LogP contribution in [0.5, 0.6) is 0 Å². The van der Waals surface area contributed by atoms with Crippen LogP contribution < -0.4 is 5.32 Å². The van der Waals surface area contributed by atoms with E-state index in [4.69, 9.17) is 4.74 Å². The van der Waals surface area contributed by atoms with E-state index in [1.165, 1.54) is 13.2 Å². The summed E-state index contributed by atoms with van der Waals surface area (Å²) >= 11 is 3.39. The number of nitrogens with one attached hydrogen (secondary N) is 1. The molecule has 0 fully saturated rings. The summed E-state index contributed by atoms with van der Waals surface area (Å²) in [5.41, 5.74) is 3.11. The molecule has 2 aliphatic rings. The second-order valence-corrected chi connectivity index (χ2v) is 7.36. The monoisotopic (exact) mass is 401 g/mol. The Morgan fingerprint density at radius 2 is 2.04 bits per heavy atom. The lowest BCUT2D eigenvalue weighted by Gasteiger charge is -2.37. The van der Waals surface area contributed by atoms with Crippen molar-refractivity contribution in [3.63, 3.8) is 0 Å². The van der Waals surface area contributed by atoms with E-state index >= 15 is 0 Å². The number of fused-ring (bicyclic) bond motifs is 3. The van der Waals surface area contributed by atoms with Crippen LogP contribution in [0.2, 0.25) is 0 Å². The first-order valence-electron chi connectivity index (χ1n) is 8.19. The van der Waals surface area contributed by atoms with Gasteiger partial charge in [0.15, 0.2) is 0 Å². The molecule has 3 nitrogen and oxygen atoms in total. The van der Waals surface area contributed by atoms with Crippen LogP contribution in [0, 0.1) is 11.7 Å². The van der Waals surface area contributed by atoms with E-state index in [0.29, 0.717) is 17.2 Å². The van der Waals surface area contributed by atoms with Crippen molar-refractivity contribution in [2.75, 3.05) is 12.4 Å². The van der Waals surface area contributed by atoms with Crippen molar-refractivity contribution in [1.82, 2.24) is 0 Å². The van der Waals surface area contributed by atoms with Gasteiger partial charge in [0.2, 0.25) is 0 Å². The zero-order valence-corrected chi connectivity index (χ0v) is 15.2. The average molecular weight is 402 g/mol. The largest absolute Gasteiger partial charge is 0.465 e. The lowest BCUT2D eigenvalue weighted by atomic mass is 9.77. The molecular formula is C20H17BrFNO2. The van der Waals surface area contributed by atoms with Crippen LogP contribution in [0.3, 0.4) is 0 Å². The van der Waals surface area contributed by atoms with E-state index in [2.05, 4.69) is 33.4 Å². The minimum absolute atomic E-state index is 0.00475. The summed E-state index contributed by atoms with van der Waals surface area (Å²) in [6.45, 7) is 0. The molecule has 2 aromatic carbocycles. The summed E-state index contributed by atoms with van der Waals surface area (Å²) in [5.74, 6) is -0.0946. The van der Waals surface area contributed by atoms with Crippen LogP contribution in [0.4, 0.5) is 10.1 Å². The average Bonchev–Trinajstić information content (AvgIpc) is 3.11. The number of ether oxygens (including phenoxy) is 1. The lowest BCUT2D eigenvalue weighted by Crippen LogP contribution is -2.29. The molecule has 0 radical (unpaired) electrons. The Kier molecular flexibility index (Phi) is 4.12. The Morgan fingerprint density at radius 3 is 2.76 bits per heavy atom. The van der Waals surface area contributed by atoms with E-state index in [9.17, 15) is 9.18 Å². The van der Waals surface area contributed by atoms with Crippen molar-refractivity contribution in [2.45, 2.75) is 18.4 Å². The number of allylic oxidation sites excluding steroid dienone is 2. The molecule has 4 rings (SSSR count). The number of methoxy groups -OCH3 is 1. The first-order valence-corrected chi connectivity index (χ1v) is 8.98. The summed E-state index contributed by atoms with van der Waals surface area (Å²) < 4.78 is 20.0. The van der Waals surface area contributed by atoms with E-state index in [1.54, 1.807) is 12.1 Å². The smallest absolute Gasteiger partial charge is 0.337 e. The van der Waals surface area contributed by atoms with Crippen molar-refractivity contribution >= 4 is 27.6 Å². The highest BCUT2D eigenvalue weighted by Gasteiger charge is 2.39. The zero-order valence-electron chi connectivity index (χ0n) is 13.6. The summed E-state index contributed by atoms with van der Waals surface area (Å²) in [6, 6.07) is 10.8. The van der Waals surface area contributed by atoms with Gasteiger partial charge in [0, 0.05) is 10.4 Å². The molecule has 0 saturated carbocycles. The number of halogens is 2. The number of esters is 1. The van der Waals surface area contributed by atoms with E-state index < -0.39 is 0 Å². The van der Waals surface area contributed by atoms with E-state index in [-0.39, 0.29) is 23.7 Å². The van der Waals surface area contributed by atoms with Crippen molar-refractivity contribution in [3.05, 3.63) is 75.5 Å². The maximum atomic E-state index is 14.5. The van der Waals surface area contributed by atoms with Crippen LogP contribution in [-0.4, -0.2) is 13.1 Å². The molecule has 3 atom stereocenters. The van der Waals surface area contributed by atoms with Gasteiger partial charge >= 0.3 is 5.97 Å². The van der Waals surface area contributed by atoms with Crippen LogP contribution in [0.15, 0.2) is 53.0 Å². The van der Waals surface area contributed by atoms with Gasteiger partial charge in [-0.25, -0.2) is 9.18 Å². The number of benzene rings is 2. The Morgan fingerprint density at radius 1 is 1.28 bits per heavy atom. The highest BCUT2D eigenvalue weighted by molar-refractivity contribution is 9.10. The minimum atomic E-state index is -0.357. The second-order valence-electron chi connectivity index (χ2n) is 6.44. The molecule has 1 heterocycles. The number of hydrogen-bond acceptors (Lipinski definition) is 3. The summed E-state index contributed by atoms with van der Waals surface area (Å²) in [4.78, 5) is 11.6. The first-order chi connectivity index (χ1) is 12.1. The van der Waals surface area contributed by atoms with Gasteiger partial charge in [0.1, 0.15) is 5.82 Å². The van der Waals surface area contributed by atoms with Gasteiger partial charge in [-0.2, -0.15) is 0 Å². The topological polar surface area (TPSA) is 38.3 Å². The standard InChI is InChI=1S/C20H17BrFNO2/c1-25-20(24)12-7-5-11(6-8-12)18-15-4-2-3-14(15)16-9-13(21)10-17(22)19(16)23-18/h2-3,5-10,14-15,18,23H,4H2,1H3/t14-,15+,18+/m1/s1. The lowest BCUT2D eigenvalue weighted by molar-refractivity contribution is 0.0600. The van der Waals surface area contributed by atoms with Gasteiger partial charge in [-0.1, -0.05) is 40.2 Å². The predicted octanol–water partition coefficient (Wildman–Crippen LogP) is 5.20. The fourth-order valence-electron chi connectivity index (χ4n) is 3.90. The molecule has 1 aliphatic carbocycles.